The van der Waals surface area contributed by atoms with Crippen molar-refractivity contribution >= 4 is 17.1 Å². The monoisotopic (exact) mass is 223 g/mol. The summed E-state index contributed by atoms with van der Waals surface area (Å²) in [5, 5.41) is 0. The van der Waals surface area contributed by atoms with Gasteiger partial charge in [-0.2, -0.15) is 0 Å². The zero-order chi connectivity index (χ0) is 12.1. The molecule has 0 spiro atoms. The number of benzene rings is 2. The fourth-order valence-corrected chi connectivity index (χ4v) is 1.86. The highest BCUT2D eigenvalue weighted by molar-refractivity contribution is 5.64. The van der Waals surface area contributed by atoms with Crippen LogP contribution in [-0.4, -0.2) is 4.98 Å². The number of aryl methyl sites for hydroxylation is 1. The van der Waals surface area contributed by atoms with Gasteiger partial charge in [0.2, 0.25) is 0 Å². The molecular formula is C16H17N. The van der Waals surface area contributed by atoms with Gasteiger partial charge in [-0.15, -0.1) is 0 Å². The van der Waals surface area contributed by atoms with Crippen LogP contribution in [0.15, 0.2) is 55.1 Å². The largest absolute Gasteiger partial charge is 0.356 e. The molecule has 1 nitrogen and oxygen atoms in total. The number of rotatable bonds is 2. The average molecular weight is 223 g/mol. The van der Waals surface area contributed by atoms with Gasteiger partial charge in [0.25, 0.3) is 0 Å². The molecule has 0 unspecified atom stereocenters. The van der Waals surface area contributed by atoms with E-state index in [9.17, 15) is 0 Å². The standard InChI is InChI=1S/C10H12.C6H5N/c1-3-9-7-5-6-8-10(9)4-2;1-2-6-4-3-5(1)7-6/h3,5-8H,1,4H2,2H3;1-4,7H. The highest BCUT2D eigenvalue weighted by atomic mass is 14.7. The lowest BCUT2D eigenvalue weighted by Crippen LogP contribution is -1.83. The molecule has 0 aliphatic rings. The molecule has 1 aromatic carbocycles. The Balaban J connectivity index is 0.000000134. The van der Waals surface area contributed by atoms with Crippen molar-refractivity contribution < 1.29 is 0 Å². The van der Waals surface area contributed by atoms with E-state index in [1.165, 1.54) is 22.2 Å². The first-order valence-electron chi connectivity index (χ1n) is 5.91. The van der Waals surface area contributed by atoms with Crippen molar-refractivity contribution in [1.29, 1.82) is 0 Å². The quantitative estimate of drug-likeness (QED) is 0.658. The number of hydrogen-bond donors (Lipinski definition) is 1. The summed E-state index contributed by atoms with van der Waals surface area (Å²) in [7, 11) is 0. The molecule has 0 aliphatic heterocycles. The van der Waals surface area contributed by atoms with E-state index in [4.69, 9.17) is 0 Å². The lowest BCUT2D eigenvalue weighted by atomic mass is 10.1. The highest BCUT2D eigenvalue weighted by Crippen LogP contribution is 2.09. The van der Waals surface area contributed by atoms with Gasteiger partial charge in [-0.05, 0) is 41.8 Å². The second-order valence-electron chi connectivity index (χ2n) is 3.96. The molecule has 0 saturated carbocycles. The van der Waals surface area contributed by atoms with Crippen molar-refractivity contribution in [1.82, 2.24) is 4.98 Å². The molecule has 0 saturated heterocycles. The van der Waals surface area contributed by atoms with Crippen LogP contribution in [0, 0.1) is 0 Å². The maximum atomic E-state index is 3.74. The van der Waals surface area contributed by atoms with Crippen LogP contribution in [0.25, 0.3) is 17.1 Å². The number of aromatic nitrogens is 1. The second kappa shape index (κ2) is 5.35. The number of fused-ring (bicyclic) bond motifs is 2. The summed E-state index contributed by atoms with van der Waals surface area (Å²) in [6.45, 7) is 5.89. The first-order chi connectivity index (χ1) is 8.33. The molecule has 0 amide bonds. The van der Waals surface area contributed by atoms with E-state index in [1.807, 2.05) is 12.1 Å². The lowest BCUT2D eigenvalue weighted by molar-refractivity contribution is 1.13. The molecule has 3 aromatic rings. The van der Waals surface area contributed by atoms with Crippen molar-refractivity contribution in [2.75, 3.05) is 0 Å². The van der Waals surface area contributed by atoms with Crippen molar-refractivity contribution in [3.63, 3.8) is 0 Å². The molecule has 2 bridgehead atoms. The summed E-state index contributed by atoms with van der Waals surface area (Å²) in [5.74, 6) is 0. The van der Waals surface area contributed by atoms with Crippen LogP contribution in [0.5, 0.6) is 0 Å². The van der Waals surface area contributed by atoms with Gasteiger partial charge in [-0.25, -0.2) is 0 Å². The molecule has 0 fully saturated rings. The molecule has 17 heavy (non-hydrogen) atoms. The van der Waals surface area contributed by atoms with Gasteiger partial charge in [0.1, 0.15) is 0 Å². The first-order valence-corrected chi connectivity index (χ1v) is 5.91. The average Bonchev–Trinajstić information content (AvgIpc) is 3.04. The molecule has 1 N–H and O–H groups in total. The fourth-order valence-electron chi connectivity index (χ4n) is 1.86. The van der Waals surface area contributed by atoms with Gasteiger partial charge in [0.05, 0.1) is 0 Å². The van der Waals surface area contributed by atoms with E-state index in [1.54, 1.807) is 0 Å². The maximum absolute atomic E-state index is 3.74. The molecule has 2 heterocycles. The van der Waals surface area contributed by atoms with Crippen LogP contribution >= 0.6 is 0 Å². The zero-order valence-electron chi connectivity index (χ0n) is 10.1. The highest BCUT2D eigenvalue weighted by Gasteiger charge is 1.91. The third-order valence-electron chi connectivity index (χ3n) is 2.83. The molecular weight excluding hydrogens is 206 g/mol. The molecule has 0 radical (unpaired) electrons. The van der Waals surface area contributed by atoms with E-state index in [-0.39, 0.29) is 0 Å². The molecule has 86 valence electrons. The van der Waals surface area contributed by atoms with Crippen molar-refractivity contribution in [2.45, 2.75) is 13.3 Å². The number of H-pyrrole nitrogens is 1. The summed E-state index contributed by atoms with van der Waals surface area (Å²) in [6, 6.07) is 16.6. The van der Waals surface area contributed by atoms with Crippen LogP contribution in [0.1, 0.15) is 18.1 Å². The topological polar surface area (TPSA) is 15.8 Å². The van der Waals surface area contributed by atoms with E-state index in [0.717, 1.165) is 6.42 Å². The Morgan fingerprint density at radius 1 is 1.00 bits per heavy atom. The number of aromatic amines is 1. The van der Waals surface area contributed by atoms with E-state index in [0.29, 0.717) is 0 Å². The van der Waals surface area contributed by atoms with Gasteiger partial charge in [-0.3, -0.25) is 0 Å². The fraction of sp³-hybridized carbons (Fsp3) is 0.125. The Hall–Kier alpha value is -2.02. The SMILES string of the molecule is C=Cc1ccccc1CC.c1cc2ccc1[nH]2. The Labute approximate surface area is 102 Å². The molecule has 1 heteroatoms. The number of hydrogen-bond acceptors (Lipinski definition) is 0. The van der Waals surface area contributed by atoms with E-state index in [2.05, 4.69) is 61.0 Å². The first kappa shape index (κ1) is 11.5. The van der Waals surface area contributed by atoms with Crippen molar-refractivity contribution in [3.8, 4) is 0 Å². The Bertz CT molecular complexity index is 532. The summed E-state index contributed by atoms with van der Waals surface area (Å²) in [6.07, 6.45) is 2.99. The third-order valence-corrected chi connectivity index (χ3v) is 2.83. The van der Waals surface area contributed by atoms with Gasteiger partial charge < -0.3 is 4.98 Å². The Kier molecular flexibility index (Phi) is 3.61. The lowest BCUT2D eigenvalue weighted by Gasteiger charge is -1.99. The van der Waals surface area contributed by atoms with Crippen LogP contribution in [0.4, 0.5) is 0 Å². The smallest absolute Gasteiger partial charge is 0.0385 e. The van der Waals surface area contributed by atoms with Crippen LogP contribution in [0.2, 0.25) is 0 Å². The summed E-state index contributed by atoms with van der Waals surface area (Å²) in [5.41, 5.74) is 5.06. The summed E-state index contributed by atoms with van der Waals surface area (Å²) in [4.78, 5) is 3.14. The van der Waals surface area contributed by atoms with E-state index >= 15 is 0 Å². The van der Waals surface area contributed by atoms with Crippen molar-refractivity contribution in [3.05, 3.63) is 66.2 Å². The summed E-state index contributed by atoms with van der Waals surface area (Å²) >= 11 is 0. The van der Waals surface area contributed by atoms with Crippen molar-refractivity contribution in [2.24, 2.45) is 0 Å². The predicted octanol–water partition coefficient (Wildman–Crippen LogP) is 4.50. The minimum absolute atomic E-state index is 1.09. The maximum Gasteiger partial charge on any atom is 0.0385 e. The molecule has 2 aromatic heterocycles. The normalized spacial score (nSPS) is 9.94. The Morgan fingerprint density at radius 2 is 1.59 bits per heavy atom. The molecule has 0 aliphatic carbocycles. The predicted molar refractivity (Wildman–Crippen MR) is 75.4 cm³/mol. The third kappa shape index (κ3) is 2.76. The van der Waals surface area contributed by atoms with Gasteiger partial charge in [-0.1, -0.05) is 43.8 Å². The minimum Gasteiger partial charge on any atom is -0.356 e. The molecule has 3 rings (SSSR count). The van der Waals surface area contributed by atoms with Crippen LogP contribution < -0.4 is 0 Å². The molecule has 0 atom stereocenters. The number of nitrogens with one attached hydrogen (secondary N) is 1. The minimum atomic E-state index is 1.09. The summed E-state index contributed by atoms with van der Waals surface area (Å²) < 4.78 is 0. The Morgan fingerprint density at radius 3 is 1.94 bits per heavy atom. The second-order valence-corrected chi connectivity index (χ2v) is 3.96. The van der Waals surface area contributed by atoms with Crippen LogP contribution in [0.3, 0.4) is 0 Å². The van der Waals surface area contributed by atoms with Gasteiger partial charge in [0.15, 0.2) is 0 Å². The van der Waals surface area contributed by atoms with Crippen LogP contribution in [-0.2, 0) is 6.42 Å². The van der Waals surface area contributed by atoms with Gasteiger partial charge in [0, 0.05) is 11.0 Å². The zero-order valence-corrected chi connectivity index (χ0v) is 10.1. The van der Waals surface area contributed by atoms with E-state index < -0.39 is 0 Å². The van der Waals surface area contributed by atoms with Gasteiger partial charge >= 0.3 is 0 Å².